The molecule has 0 aliphatic heterocycles. The number of Topliss-reactive ketones (excluding diaryl/α,β-unsaturated/α-hetero) is 2. The lowest BCUT2D eigenvalue weighted by atomic mass is 10.00. The first-order valence-electron chi connectivity index (χ1n) is 11.4. The molecular formula is C25H40O5. The fraction of sp³-hybridized carbons (Fsp3) is 0.680. The van der Waals surface area contributed by atoms with Gasteiger partial charge in [-0.3, -0.25) is 9.59 Å². The average molecular weight is 421 g/mol. The number of carbonyl (C=O) groups is 2. The Kier molecular flexibility index (Phi) is 13.7. The summed E-state index contributed by atoms with van der Waals surface area (Å²) < 4.78 is 15.8. The van der Waals surface area contributed by atoms with Crippen LogP contribution in [0, 0.1) is 0 Å². The highest BCUT2D eigenvalue weighted by Gasteiger charge is 2.22. The summed E-state index contributed by atoms with van der Waals surface area (Å²) >= 11 is 0. The Hall–Kier alpha value is -2.04. The zero-order valence-electron chi connectivity index (χ0n) is 19.4. The van der Waals surface area contributed by atoms with Crippen LogP contribution in [0.25, 0.3) is 0 Å². The number of ether oxygens (including phenoxy) is 3. The summed E-state index contributed by atoms with van der Waals surface area (Å²) in [4.78, 5) is 25.0. The van der Waals surface area contributed by atoms with Crippen molar-refractivity contribution in [3.05, 3.63) is 17.7 Å². The van der Waals surface area contributed by atoms with E-state index in [9.17, 15) is 9.59 Å². The second kappa shape index (κ2) is 15.8. The van der Waals surface area contributed by atoms with Gasteiger partial charge in [0.25, 0.3) is 0 Å². The highest BCUT2D eigenvalue weighted by molar-refractivity contribution is 6.11. The van der Waals surface area contributed by atoms with Crippen molar-refractivity contribution in [1.29, 1.82) is 0 Å². The molecule has 0 heterocycles. The van der Waals surface area contributed by atoms with Crippen molar-refractivity contribution in [2.24, 2.45) is 0 Å². The third-order valence-electron chi connectivity index (χ3n) is 5.41. The van der Waals surface area contributed by atoms with E-state index in [1.165, 1.54) is 72.7 Å². The van der Waals surface area contributed by atoms with Crippen LogP contribution >= 0.6 is 0 Å². The minimum absolute atomic E-state index is 0.0316. The molecule has 0 aromatic heterocycles. The Morgan fingerprint density at radius 1 is 0.700 bits per heavy atom. The molecule has 1 rings (SSSR count). The maximum Gasteiger partial charge on any atom is 0.177 e. The summed E-state index contributed by atoms with van der Waals surface area (Å²) in [5.74, 6) is 0.945. The number of benzene rings is 1. The first kappa shape index (κ1) is 26.0. The Bertz CT molecular complexity index is 613. The third kappa shape index (κ3) is 9.64. The van der Waals surface area contributed by atoms with Crippen molar-refractivity contribution < 1.29 is 23.8 Å². The van der Waals surface area contributed by atoms with Gasteiger partial charge < -0.3 is 14.2 Å². The largest absolute Gasteiger partial charge is 0.496 e. The second-order valence-corrected chi connectivity index (χ2v) is 7.83. The van der Waals surface area contributed by atoms with Gasteiger partial charge in [-0.15, -0.1) is 0 Å². The fourth-order valence-electron chi connectivity index (χ4n) is 3.62. The molecule has 0 aliphatic carbocycles. The SMILES string of the molecule is CCCCCCCCCCCCCC(=O)CC(=O)c1c(OC)cc(OC)cc1OC. The van der Waals surface area contributed by atoms with Gasteiger partial charge in [0, 0.05) is 18.6 Å². The van der Waals surface area contributed by atoms with E-state index in [2.05, 4.69) is 6.92 Å². The molecule has 1 aromatic carbocycles. The van der Waals surface area contributed by atoms with E-state index in [-0.39, 0.29) is 18.0 Å². The first-order valence-corrected chi connectivity index (χ1v) is 11.4. The predicted octanol–water partition coefficient (Wildman–Crippen LogP) is 6.56. The summed E-state index contributed by atoms with van der Waals surface area (Å²) in [6.07, 6.45) is 13.9. The predicted molar refractivity (Wildman–Crippen MR) is 121 cm³/mol. The molecule has 0 saturated carbocycles. The van der Waals surface area contributed by atoms with Crippen LogP contribution in [0.5, 0.6) is 17.2 Å². The van der Waals surface area contributed by atoms with Gasteiger partial charge in [0.1, 0.15) is 28.6 Å². The Morgan fingerprint density at radius 2 is 1.17 bits per heavy atom. The monoisotopic (exact) mass is 420 g/mol. The lowest BCUT2D eigenvalue weighted by molar-refractivity contribution is -0.118. The number of rotatable bonds is 18. The smallest absolute Gasteiger partial charge is 0.177 e. The van der Waals surface area contributed by atoms with E-state index >= 15 is 0 Å². The Balaban J connectivity index is 2.31. The van der Waals surface area contributed by atoms with E-state index < -0.39 is 0 Å². The number of hydrogen-bond acceptors (Lipinski definition) is 5. The zero-order valence-corrected chi connectivity index (χ0v) is 19.4. The van der Waals surface area contributed by atoms with Gasteiger partial charge in [-0.05, 0) is 6.42 Å². The molecule has 0 fully saturated rings. The first-order chi connectivity index (χ1) is 14.6. The van der Waals surface area contributed by atoms with E-state index in [1.807, 2.05) is 0 Å². The van der Waals surface area contributed by atoms with Crippen LogP contribution < -0.4 is 14.2 Å². The molecule has 1 aromatic rings. The summed E-state index contributed by atoms with van der Waals surface area (Å²) in [6.45, 7) is 2.24. The van der Waals surface area contributed by atoms with Crippen LogP contribution in [0.1, 0.15) is 101 Å². The van der Waals surface area contributed by atoms with E-state index in [4.69, 9.17) is 14.2 Å². The Morgan fingerprint density at radius 3 is 1.60 bits per heavy atom. The van der Waals surface area contributed by atoms with Gasteiger partial charge in [-0.2, -0.15) is 0 Å². The lowest BCUT2D eigenvalue weighted by Gasteiger charge is -2.14. The van der Waals surface area contributed by atoms with E-state index in [0.29, 0.717) is 29.2 Å². The zero-order chi connectivity index (χ0) is 22.2. The van der Waals surface area contributed by atoms with Crippen molar-refractivity contribution in [2.45, 2.75) is 90.4 Å². The highest BCUT2D eigenvalue weighted by atomic mass is 16.5. The number of unbranched alkanes of at least 4 members (excludes halogenated alkanes) is 10. The number of ketones is 2. The molecular weight excluding hydrogens is 380 g/mol. The number of carbonyl (C=O) groups excluding carboxylic acids is 2. The average Bonchev–Trinajstić information content (AvgIpc) is 2.76. The Labute approximate surface area is 182 Å². The lowest BCUT2D eigenvalue weighted by Crippen LogP contribution is -2.11. The molecule has 0 atom stereocenters. The van der Waals surface area contributed by atoms with Crippen molar-refractivity contribution in [2.75, 3.05) is 21.3 Å². The van der Waals surface area contributed by atoms with Gasteiger partial charge in [-0.1, -0.05) is 71.1 Å². The molecule has 30 heavy (non-hydrogen) atoms. The summed E-state index contributed by atoms with van der Waals surface area (Å²) in [5.41, 5.74) is 0.299. The molecule has 0 saturated heterocycles. The van der Waals surface area contributed by atoms with Crippen LogP contribution in [0.4, 0.5) is 0 Å². The fourth-order valence-corrected chi connectivity index (χ4v) is 3.62. The minimum atomic E-state index is -0.278. The van der Waals surface area contributed by atoms with Crippen LogP contribution in [0.3, 0.4) is 0 Å². The summed E-state index contributed by atoms with van der Waals surface area (Å²) in [5, 5.41) is 0. The topological polar surface area (TPSA) is 61.8 Å². The normalized spacial score (nSPS) is 10.7. The van der Waals surface area contributed by atoms with Gasteiger partial charge in [-0.25, -0.2) is 0 Å². The van der Waals surface area contributed by atoms with Crippen molar-refractivity contribution >= 4 is 11.6 Å². The van der Waals surface area contributed by atoms with Crippen LogP contribution in [-0.4, -0.2) is 32.9 Å². The summed E-state index contributed by atoms with van der Waals surface area (Å²) in [7, 11) is 4.50. The second-order valence-electron chi connectivity index (χ2n) is 7.83. The van der Waals surface area contributed by atoms with E-state index in [1.54, 1.807) is 12.1 Å². The van der Waals surface area contributed by atoms with Crippen molar-refractivity contribution in [3.8, 4) is 17.2 Å². The maximum atomic E-state index is 12.7. The van der Waals surface area contributed by atoms with Crippen LogP contribution in [-0.2, 0) is 4.79 Å². The molecule has 0 spiro atoms. The summed E-state index contributed by atoms with van der Waals surface area (Å²) in [6, 6.07) is 3.26. The molecule has 0 aliphatic rings. The molecule has 0 bridgehead atoms. The molecule has 5 heteroatoms. The van der Waals surface area contributed by atoms with Crippen LogP contribution in [0.2, 0.25) is 0 Å². The van der Waals surface area contributed by atoms with Gasteiger partial charge in [0.2, 0.25) is 0 Å². The molecule has 0 radical (unpaired) electrons. The molecule has 0 unspecified atom stereocenters. The third-order valence-corrected chi connectivity index (χ3v) is 5.41. The van der Waals surface area contributed by atoms with Gasteiger partial charge in [0.15, 0.2) is 5.78 Å². The van der Waals surface area contributed by atoms with Gasteiger partial charge in [0.05, 0.1) is 27.8 Å². The van der Waals surface area contributed by atoms with Crippen molar-refractivity contribution in [1.82, 2.24) is 0 Å². The molecule has 0 N–H and O–H groups in total. The highest BCUT2D eigenvalue weighted by Crippen LogP contribution is 2.35. The number of methoxy groups -OCH3 is 3. The maximum absolute atomic E-state index is 12.7. The van der Waals surface area contributed by atoms with Crippen molar-refractivity contribution in [3.63, 3.8) is 0 Å². The molecule has 5 nitrogen and oxygen atoms in total. The molecule has 0 amide bonds. The standard InChI is InChI=1S/C25H40O5/c1-5-6-7-8-9-10-11-12-13-14-15-16-20(26)17-22(27)25-23(29-3)18-21(28-2)19-24(25)30-4/h18-19H,5-17H2,1-4H3. The van der Waals surface area contributed by atoms with E-state index in [0.717, 1.165) is 19.3 Å². The quantitative estimate of drug-likeness (QED) is 0.153. The molecule has 170 valence electrons. The van der Waals surface area contributed by atoms with Gasteiger partial charge >= 0.3 is 0 Å². The number of hydrogen-bond donors (Lipinski definition) is 0. The van der Waals surface area contributed by atoms with Crippen LogP contribution in [0.15, 0.2) is 12.1 Å². The minimum Gasteiger partial charge on any atom is -0.496 e.